The fourth-order valence-corrected chi connectivity index (χ4v) is 1.77. The predicted molar refractivity (Wildman–Crippen MR) is 80.4 cm³/mol. The standard InChI is InChI=1S/C15H14ClN3O2/c16-13-7-6-12(10-19-13)15(21)18-9-8-17-14(20)11-4-2-1-3-5-11/h1-7,10H,8-9H2,(H,17,20)(H,18,21). The summed E-state index contributed by atoms with van der Waals surface area (Å²) >= 11 is 5.65. The Kier molecular flexibility index (Phi) is 5.29. The quantitative estimate of drug-likeness (QED) is 0.654. The number of rotatable bonds is 5. The maximum absolute atomic E-state index is 11.8. The normalized spacial score (nSPS) is 9.95. The zero-order chi connectivity index (χ0) is 15.1. The van der Waals surface area contributed by atoms with Crippen LogP contribution in [0.3, 0.4) is 0 Å². The first-order valence-electron chi connectivity index (χ1n) is 6.40. The number of carbonyl (C=O) groups excluding carboxylic acids is 2. The number of hydrogen-bond acceptors (Lipinski definition) is 3. The molecule has 6 heteroatoms. The minimum absolute atomic E-state index is 0.169. The number of halogens is 1. The maximum atomic E-state index is 11.8. The second-order valence-corrected chi connectivity index (χ2v) is 4.63. The average Bonchev–Trinajstić information content (AvgIpc) is 2.52. The molecule has 0 spiro atoms. The Morgan fingerprint density at radius 2 is 1.52 bits per heavy atom. The maximum Gasteiger partial charge on any atom is 0.252 e. The number of nitrogens with one attached hydrogen (secondary N) is 2. The Balaban J connectivity index is 1.73. The van der Waals surface area contributed by atoms with Crippen LogP contribution in [-0.2, 0) is 0 Å². The Labute approximate surface area is 127 Å². The molecule has 0 unspecified atom stereocenters. The minimum atomic E-state index is -0.256. The minimum Gasteiger partial charge on any atom is -0.350 e. The molecule has 1 aromatic heterocycles. The number of benzene rings is 1. The summed E-state index contributed by atoms with van der Waals surface area (Å²) in [4.78, 5) is 27.3. The molecular weight excluding hydrogens is 290 g/mol. The van der Waals surface area contributed by atoms with Crippen molar-refractivity contribution < 1.29 is 9.59 Å². The Morgan fingerprint density at radius 3 is 2.10 bits per heavy atom. The lowest BCUT2D eigenvalue weighted by atomic mass is 10.2. The van der Waals surface area contributed by atoms with Crippen LogP contribution in [-0.4, -0.2) is 29.9 Å². The van der Waals surface area contributed by atoms with Gasteiger partial charge >= 0.3 is 0 Å². The van der Waals surface area contributed by atoms with Gasteiger partial charge in [0.1, 0.15) is 5.15 Å². The molecule has 2 rings (SSSR count). The molecule has 2 aromatic rings. The van der Waals surface area contributed by atoms with E-state index in [9.17, 15) is 9.59 Å². The van der Waals surface area contributed by atoms with Crippen LogP contribution in [0.2, 0.25) is 5.15 Å². The van der Waals surface area contributed by atoms with E-state index in [0.717, 1.165) is 0 Å². The molecular formula is C15H14ClN3O2. The Bertz CT molecular complexity index is 615. The molecule has 1 aromatic carbocycles. The summed E-state index contributed by atoms with van der Waals surface area (Å²) in [5, 5.41) is 5.75. The molecule has 0 radical (unpaired) electrons. The zero-order valence-electron chi connectivity index (χ0n) is 11.2. The van der Waals surface area contributed by atoms with Gasteiger partial charge in [-0.15, -0.1) is 0 Å². The number of amides is 2. The van der Waals surface area contributed by atoms with Gasteiger partial charge in [0.05, 0.1) is 5.56 Å². The third-order valence-electron chi connectivity index (χ3n) is 2.72. The molecule has 0 atom stereocenters. The van der Waals surface area contributed by atoms with E-state index in [1.165, 1.54) is 6.20 Å². The monoisotopic (exact) mass is 303 g/mol. The van der Waals surface area contributed by atoms with E-state index in [2.05, 4.69) is 15.6 Å². The van der Waals surface area contributed by atoms with E-state index in [-0.39, 0.29) is 11.8 Å². The average molecular weight is 304 g/mol. The molecule has 21 heavy (non-hydrogen) atoms. The number of carbonyl (C=O) groups is 2. The third-order valence-corrected chi connectivity index (χ3v) is 2.95. The summed E-state index contributed by atoms with van der Waals surface area (Å²) in [6.45, 7) is 0.681. The molecule has 0 saturated heterocycles. The fourth-order valence-electron chi connectivity index (χ4n) is 1.66. The predicted octanol–water partition coefficient (Wildman–Crippen LogP) is 1.89. The molecule has 0 saturated carbocycles. The van der Waals surface area contributed by atoms with Crippen LogP contribution in [0.5, 0.6) is 0 Å². The summed E-state index contributed by atoms with van der Waals surface area (Å²) in [5.41, 5.74) is 1.01. The van der Waals surface area contributed by atoms with E-state index >= 15 is 0 Å². The number of pyridine rings is 1. The third kappa shape index (κ3) is 4.57. The molecule has 1 heterocycles. The molecule has 5 nitrogen and oxygen atoms in total. The summed E-state index contributed by atoms with van der Waals surface area (Å²) in [6.07, 6.45) is 1.40. The molecule has 0 bridgehead atoms. The highest BCUT2D eigenvalue weighted by molar-refractivity contribution is 6.29. The van der Waals surface area contributed by atoms with Gasteiger partial charge in [-0.3, -0.25) is 9.59 Å². The van der Waals surface area contributed by atoms with Crippen LogP contribution in [0, 0.1) is 0 Å². The van der Waals surface area contributed by atoms with Crippen molar-refractivity contribution in [1.82, 2.24) is 15.6 Å². The summed E-state index contributed by atoms with van der Waals surface area (Å²) in [6, 6.07) is 12.0. The van der Waals surface area contributed by atoms with Crippen molar-refractivity contribution in [2.24, 2.45) is 0 Å². The van der Waals surface area contributed by atoms with Crippen molar-refractivity contribution in [3.8, 4) is 0 Å². The molecule has 0 aliphatic carbocycles. The van der Waals surface area contributed by atoms with Crippen LogP contribution in [0.25, 0.3) is 0 Å². The van der Waals surface area contributed by atoms with Crippen LogP contribution in [0.15, 0.2) is 48.7 Å². The van der Waals surface area contributed by atoms with Crippen LogP contribution in [0.4, 0.5) is 0 Å². The highest BCUT2D eigenvalue weighted by Gasteiger charge is 2.06. The molecule has 2 amide bonds. The highest BCUT2D eigenvalue weighted by atomic mass is 35.5. The number of nitrogens with zero attached hydrogens (tertiary/aromatic N) is 1. The van der Waals surface area contributed by atoms with Crippen LogP contribution < -0.4 is 10.6 Å². The van der Waals surface area contributed by atoms with Crippen molar-refractivity contribution in [2.45, 2.75) is 0 Å². The van der Waals surface area contributed by atoms with E-state index in [1.807, 2.05) is 6.07 Å². The first-order chi connectivity index (χ1) is 10.2. The van der Waals surface area contributed by atoms with Crippen molar-refractivity contribution in [1.29, 1.82) is 0 Å². The Hall–Kier alpha value is -2.40. The fraction of sp³-hybridized carbons (Fsp3) is 0.133. The largest absolute Gasteiger partial charge is 0.350 e. The molecule has 108 valence electrons. The Morgan fingerprint density at radius 1 is 0.905 bits per heavy atom. The van der Waals surface area contributed by atoms with Gasteiger partial charge in [-0.05, 0) is 24.3 Å². The van der Waals surface area contributed by atoms with E-state index in [4.69, 9.17) is 11.6 Å². The van der Waals surface area contributed by atoms with Gasteiger partial charge in [0.2, 0.25) is 0 Å². The van der Waals surface area contributed by atoms with Gasteiger partial charge in [0, 0.05) is 24.8 Å². The van der Waals surface area contributed by atoms with Gasteiger partial charge in [0.15, 0.2) is 0 Å². The molecule has 0 aliphatic rings. The van der Waals surface area contributed by atoms with E-state index < -0.39 is 0 Å². The summed E-state index contributed by atoms with van der Waals surface area (Å²) in [5.74, 6) is -0.425. The van der Waals surface area contributed by atoms with Gasteiger partial charge in [-0.2, -0.15) is 0 Å². The number of aromatic nitrogens is 1. The van der Waals surface area contributed by atoms with Crippen molar-refractivity contribution in [3.63, 3.8) is 0 Å². The molecule has 0 fully saturated rings. The lowest BCUT2D eigenvalue weighted by Gasteiger charge is -2.07. The highest BCUT2D eigenvalue weighted by Crippen LogP contribution is 2.04. The molecule has 0 aliphatic heterocycles. The van der Waals surface area contributed by atoms with Gasteiger partial charge in [0.25, 0.3) is 11.8 Å². The summed E-state index contributed by atoms with van der Waals surface area (Å²) < 4.78 is 0. The van der Waals surface area contributed by atoms with Crippen molar-refractivity contribution in [3.05, 3.63) is 64.9 Å². The zero-order valence-corrected chi connectivity index (χ0v) is 11.9. The second kappa shape index (κ2) is 7.40. The second-order valence-electron chi connectivity index (χ2n) is 4.25. The van der Waals surface area contributed by atoms with Gasteiger partial charge in [-0.25, -0.2) is 4.98 Å². The smallest absolute Gasteiger partial charge is 0.252 e. The van der Waals surface area contributed by atoms with Crippen molar-refractivity contribution in [2.75, 3.05) is 13.1 Å². The SMILES string of the molecule is O=C(NCCNC(=O)c1ccc(Cl)nc1)c1ccccc1. The lowest BCUT2D eigenvalue weighted by Crippen LogP contribution is -2.34. The number of hydrogen-bond donors (Lipinski definition) is 2. The van der Waals surface area contributed by atoms with Crippen molar-refractivity contribution >= 4 is 23.4 Å². The van der Waals surface area contributed by atoms with E-state index in [1.54, 1.807) is 36.4 Å². The van der Waals surface area contributed by atoms with Gasteiger partial charge < -0.3 is 10.6 Å². The van der Waals surface area contributed by atoms with E-state index in [0.29, 0.717) is 29.4 Å². The van der Waals surface area contributed by atoms with Gasteiger partial charge in [-0.1, -0.05) is 29.8 Å². The summed E-state index contributed by atoms with van der Waals surface area (Å²) in [7, 11) is 0. The topological polar surface area (TPSA) is 71.1 Å². The first-order valence-corrected chi connectivity index (χ1v) is 6.77. The molecule has 2 N–H and O–H groups in total. The van der Waals surface area contributed by atoms with Crippen LogP contribution >= 0.6 is 11.6 Å². The van der Waals surface area contributed by atoms with Crippen LogP contribution in [0.1, 0.15) is 20.7 Å². The lowest BCUT2D eigenvalue weighted by molar-refractivity contribution is 0.0927. The first kappa shape index (κ1) is 15.0.